The molecule has 1 aliphatic heterocycles. The Labute approximate surface area is 155 Å². The first kappa shape index (κ1) is 20.2. The van der Waals surface area contributed by atoms with Crippen molar-refractivity contribution in [1.29, 1.82) is 0 Å². The molecule has 0 aromatic heterocycles. The number of Topliss-reactive ketones (excluding diaryl/α,β-unsaturated/α-hetero) is 1. The van der Waals surface area contributed by atoms with Gasteiger partial charge in [-0.25, -0.2) is 17.1 Å². The average molecular weight is 406 g/mol. The van der Waals surface area contributed by atoms with Gasteiger partial charge in [0.1, 0.15) is 5.82 Å². The van der Waals surface area contributed by atoms with E-state index in [2.05, 4.69) is 0 Å². The summed E-state index contributed by atoms with van der Waals surface area (Å²) in [5, 5.41) is -0.0923. The van der Waals surface area contributed by atoms with Crippen LogP contribution in [0.15, 0.2) is 29.8 Å². The quantitative estimate of drug-likeness (QED) is 0.698. The van der Waals surface area contributed by atoms with E-state index in [0.29, 0.717) is 4.31 Å². The Kier molecular flexibility index (Phi) is 5.34. The van der Waals surface area contributed by atoms with Gasteiger partial charge < -0.3 is 9.47 Å². The van der Waals surface area contributed by atoms with E-state index in [4.69, 9.17) is 21.1 Å². The number of benzene rings is 1. The maximum Gasteiger partial charge on any atom is 0.308 e. The van der Waals surface area contributed by atoms with E-state index in [1.165, 1.54) is 26.0 Å². The fourth-order valence-electron chi connectivity index (χ4n) is 2.48. The highest BCUT2D eigenvalue weighted by Gasteiger charge is 2.53. The minimum atomic E-state index is -3.85. The third kappa shape index (κ3) is 3.28. The summed E-state index contributed by atoms with van der Waals surface area (Å²) in [5.41, 5.74) is -2.28. The predicted molar refractivity (Wildman–Crippen MR) is 90.9 cm³/mol. The normalized spacial score (nSPS) is 20.2. The van der Waals surface area contributed by atoms with E-state index in [9.17, 15) is 22.4 Å². The molecular formula is C16H17ClFNO6S. The zero-order chi connectivity index (χ0) is 19.9. The van der Waals surface area contributed by atoms with E-state index in [1.807, 2.05) is 0 Å². The van der Waals surface area contributed by atoms with Crippen LogP contribution in [0, 0.1) is 5.82 Å². The molecule has 1 aliphatic rings. The number of carbonyl (C=O) groups excluding carboxylic acids is 2. The Balaban J connectivity index is 2.65. The number of nitrogens with zero attached hydrogens (tertiary/aromatic N) is 1. The number of hydrogen-bond donors (Lipinski definition) is 0. The number of sulfonamides is 1. The molecule has 0 fully saturated rings. The molecule has 0 radical (unpaired) electrons. The van der Waals surface area contributed by atoms with Crippen LogP contribution < -0.4 is 0 Å². The lowest BCUT2D eigenvalue weighted by Crippen LogP contribution is -2.34. The molecule has 0 spiro atoms. The second-order valence-corrected chi connectivity index (χ2v) is 8.35. The standard InChI is InChI=1S/C16H17ClFNO6S/c1-5-26(22,23)19(4)15-13(24-9(2)20)14(21)16(3,25-15)12-10(17)7-6-8-11(12)18/h6-8H,5H2,1-4H3. The second kappa shape index (κ2) is 6.88. The van der Waals surface area contributed by atoms with Gasteiger partial charge in [-0.1, -0.05) is 17.7 Å². The molecule has 1 heterocycles. The molecule has 0 bridgehead atoms. The monoisotopic (exact) mass is 405 g/mol. The van der Waals surface area contributed by atoms with E-state index < -0.39 is 44.8 Å². The van der Waals surface area contributed by atoms with Gasteiger partial charge in [-0.15, -0.1) is 0 Å². The Hall–Kier alpha value is -2.13. The zero-order valence-electron chi connectivity index (χ0n) is 14.5. The molecule has 0 saturated carbocycles. The fourth-order valence-corrected chi connectivity index (χ4v) is 3.58. The molecule has 142 valence electrons. The molecular weight excluding hydrogens is 389 g/mol. The van der Waals surface area contributed by atoms with Crippen LogP contribution in [0.3, 0.4) is 0 Å². The number of ketones is 1. The van der Waals surface area contributed by atoms with Crippen molar-refractivity contribution in [1.82, 2.24) is 4.31 Å². The number of esters is 1. The van der Waals surface area contributed by atoms with Crippen LogP contribution in [0.1, 0.15) is 26.3 Å². The molecule has 0 amide bonds. The first-order valence-corrected chi connectivity index (χ1v) is 9.52. The summed E-state index contributed by atoms with van der Waals surface area (Å²) in [6, 6.07) is 3.79. The topological polar surface area (TPSA) is 90.0 Å². The van der Waals surface area contributed by atoms with Crippen molar-refractivity contribution in [3.63, 3.8) is 0 Å². The summed E-state index contributed by atoms with van der Waals surface area (Å²) >= 11 is 6.03. The zero-order valence-corrected chi connectivity index (χ0v) is 16.1. The minimum absolute atomic E-state index is 0.0923. The molecule has 2 rings (SSSR count). The van der Waals surface area contributed by atoms with Crippen molar-refractivity contribution in [3.05, 3.63) is 46.2 Å². The van der Waals surface area contributed by atoms with Gasteiger partial charge in [0.05, 0.1) is 16.3 Å². The molecule has 1 unspecified atom stereocenters. The highest BCUT2D eigenvalue weighted by atomic mass is 35.5. The number of ether oxygens (including phenoxy) is 2. The summed E-state index contributed by atoms with van der Waals surface area (Å²) in [6.07, 6.45) is 0. The summed E-state index contributed by atoms with van der Waals surface area (Å²) < 4.78 is 49.8. The highest BCUT2D eigenvalue weighted by Crippen LogP contribution is 2.44. The van der Waals surface area contributed by atoms with Gasteiger partial charge >= 0.3 is 5.97 Å². The SMILES string of the molecule is CCS(=O)(=O)N(C)C1=C(OC(C)=O)C(=O)C(C)(c2c(F)cccc2Cl)O1. The smallest absolute Gasteiger partial charge is 0.308 e. The Bertz CT molecular complexity index is 893. The van der Waals surface area contributed by atoms with Crippen molar-refractivity contribution in [2.75, 3.05) is 12.8 Å². The molecule has 1 aromatic rings. The van der Waals surface area contributed by atoms with Crippen LogP contribution in [0.5, 0.6) is 0 Å². The van der Waals surface area contributed by atoms with Crippen molar-refractivity contribution in [3.8, 4) is 0 Å². The predicted octanol–water partition coefficient (Wildman–Crippen LogP) is 2.31. The molecule has 26 heavy (non-hydrogen) atoms. The maximum atomic E-state index is 14.4. The molecule has 0 saturated heterocycles. The first-order valence-electron chi connectivity index (χ1n) is 7.53. The highest BCUT2D eigenvalue weighted by molar-refractivity contribution is 7.89. The minimum Gasteiger partial charge on any atom is -0.456 e. The largest absolute Gasteiger partial charge is 0.456 e. The van der Waals surface area contributed by atoms with Crippen LogP contribution in [0.4, 0.5) is 4.39 Å². The van der Waals surface area contributed by atoms with E-state index in [0.717, 1.165) is 20.0 Å². The van der Waals surface area contributed by atoms with Gasteiger partial charge in [0, 0.05) is 14.0 Å². The maximum absolute atomic E-state index is 14.4. The van der Waals surface area contributed by atoms with Gasteiger partial charge in [0.2, 0.25) is 21.4 Å². The van der Waals surface area contributed by atoms with Gasteiger partial charge in [-0.2, -0.15) is 0 Å². The summed E-state index contributed by atoms with van der Waals surface area (Å²) in [4.78, 5) is 24.3. The molecule has 1 atom stereocenters. The Morgan fingerprint density at radius 3 is 2.54 bits per heavy atom. The van der Waals surface area contributed by atoms with E-state index >= 15 is 0 Å². The lowest BCUT2D eigenvalue weighted by molar-refractivity contribution is -0.142. The van der Waals surface area contributed by atoms with Crippen LogP contribution in [-0.2, 0) is 34.7 Å². The van der Waals surface area contributed by atoms with Crippen molar-refractivity contribution in [2.24, 2.45) is 0 Å². The fraction of sp³-hybridized carbons (Fsp3) is 0.375. The van der Waals surface area contributed by atoms with Crippen LogP contribution in [0.25, 0.3) is 0 Å². The third-order valence-electron chi connectivity index (χ3n) is 3.89. The lowest BCUT2D eigenvalue weighted by Gasteiger charge is -2.27. The van der Waals surface area contributed by atoms with Crippen molar-refractivity contribution in [2.45, 2.75) is 26.4 Å². The van der Waals surface area contributed by atoms with Gasteiger partial charge in [-0.3, -0.25) is 9.59 Å². The average Bonchev–Trinajstić information content (AvgIpc) is 2.79. The van der Waals surface area contributed by atoms with Gasteiger partial charge in [-0.05, 0) is 26.0 Å². The lowest BCUT2D eigenvalue weighted by atomic mass is 9.91. The Morgan fingerprint density at radius 1 is 1.42 bits per heavy atom. The number of carbonyl (C=O) groups is 2. The van der Waals surface area contributed by atoms with Crippen LogP contribution in [-0.4, -0.2) is 37.3 Å². The van der Waals surface area contributed by atoms with E-state index in [1.54, 1.807) is 0 Å². The van der Waals surface area contributed by atoms with Gasteiger partial charge in [0.25, 0.3) is 11.7 Å². The van der Waals surface area contributed by atoms with Crippen LogP contribution >= 0.6 is 11.6 Å². The Morgan fingerprint density at radius 2 is 2.04 bits per heavy atom. The summed E-state index contributed by atoms with van der Waals surface area (Å²) in [7, 11) is -2.71. The molecule has 10 heteroatoms. The third-order valence-corrected chi connectivity index (χ3v) is 5.93. The van der Waals surface area contributed by atoms with Crippen molar-refractivity contribution >= 4 is 33.4 Å². The number of rotatable bonds is 5. The molecule has 7 nitrogen and oxygen atoms in total. The number of halogens is 2. The first-order chi connectivity index (χ1) is 12.0. The second-order valence-electron chi connectivity index (χ2n) is 5.66. The van der Waals surface area contributed by atoms with Gasteiger partial charge in [0.15, 0.2) is 0 Å². The summed E-state index contributed by atoms with van der Waals surface area (Å²) in [6.45, 7) is 3.65. The molecule has 0 N–H and O–H groups in total. The number of hydrogen-bond acceptors (Lipinski definition) is 6. The molecule has 1 aromatic carbocycles. The van der Waals surface area contributed by atoms with Crippen LogP contribution in [0.2, 0.25) is 5.02 Å². The molecule has 0 aliphatic carbocycles. The van der Waals surface area contributed by atoms with Crippen molar-refractivity contribution < 1.29 is 31.9 Å². The van der Waals surface area contributed by atoms with E-state index in [-0.39, 0.29) is 16.3 Å². The summed E-state index contributed by atoms with van der Waals surface area (Å²) in [5.74, 6) is -4.03.